The van der Waals surface area contributed by atoms with Gasteiger partial charge in [-0.2, -0.15) is 0 Å². The normalized spacial score (nSPS) is 11.1. The Labute approximate surface area is 113 Å². The lowest BCUT2D eigenvalue weighted by molar-refractivity contribution is -0.139. The molecular weight excluding hydrogens is 259 g/mol. The van der Waals surface area contributed by atoms with Crippen molar-refractivity contribution in [1.82, 2.24) is 0 Å². The molecule has 0 saturated carbocycles. The molecular formula is C13H18Cl2O2. The SMILES string of the molecule is CCOC(CCc1cc(Cl)cc(Cl)c1)OCC. The van der Waals surface area contributed by atoms with E-state index in [1.165, 1.54) is 0 Å². The summed E-state index contributed by atoms with van der Waals surface area (Å²) in [6, 6.07) is 5.57. The Morgan fingerprint density at radius 2 is 1.53 bits per heavy atom. The molecule has 0 aliphatic carbocycles. The van der Waals surface area contributed by atoms with Crippen LogP contribution in [0.3, 0.4) is 0 Å². The predicted octanol–water partition coefficient (Wildman–Crippen LogP) is 4.33. The zero-order valence-corrected chi connectivity index (χ0v) is 11.7. The summed E-state index contributed by atoms with van der Waals surface area (Å²) < 4.78 is 11.0. The van der Waals surface area contributed by atoms with E-state index in [1.807, 2.05) is 26.0 Å². The Hall–Kier alpha value is -0.280. The molecule has 1 aromatic carbocycles. The van der Waals surface area contributed by atoms with Crippen molar-refractivity contribution in [1.29, 1.82) is 0 Å². The summed E-state index contributed by atoms with van der Waals surface area (Å²) in [6.07, 6.45) is 1.49. The molecule has 0 N–H and O–H groups in total. The number of aryl methyl sites for hydroxylation is 1. The van der Waals surface area contributed by atoms with Gasteiger partial charge in [-0.25, -0.2) is 0 Å². The largest absolute Gasteiger partial charge is 0.353 e. The van der Waals surface area contributed by atoms with E-state index in [-0.39, 0.29) is 6.29 Å². The maximum atomic E-state index is 5.94. The summed E-state index contributed by atoms with van der Waals surface area (Å²) >= 11 is 11.9. The number of benzene rings is 1. The highest BCUT2D eigenvalue weighted by atomic mass is 35.5. The van der Waals surface area contributed by atoms with Gasteiger partial charge in [-0.05, 0) is 44.0 Å². The molecule has 0 amide bonds. The Bertz CT molecular complexity index is 316. The topological polar surface area (TPSA) is 18.5 Å². The minimum absolute atomic E-state index is 0.150. The van der Waals surface area contributed by atoms with E-state index in [0.29, 0.717) is 23.3 Å². The van der Waals surface area contributed by atoms with E-state index >= 15 is 0 Å². The molecule has 96 valence electrons. The van der Waals surface area contributed by atoms with Gasteiger partial charge in [0.05, 0.1) is 0 Å². The minimum atomic E-state index is -0.150. The first kappa shape index (κ1) is 14.8. The van der Waals surface area contributed by atoms with Gasteiger partial charge >= 0.3 is 0 Å². The van der Waals surface area contributed by atoms with Crippen molar-refractivity contribution in [3.8, 4) is 0 Å². The second kappa shape index (κ2) is 7.93. The van der Waals surface area contributed by atoms with Crippen molar-refractivity contribution in [3.63, 3.8) is 0 Å². The fraction of sp³-hybridized carbons (Fsp3) is 0.538. The molecule has 0 fully saturated rings. The molecule has 2 nitrogen and oxygen atoms in total. The van der Waals surface area contributed by atoms with E-state index in [2.05, 4.69) is 0 Å². The summed E-state index contributed by atoms with van der Waals surface area (Å²) in [5.41, 5.74) is 1.10. The molecule has 0 saturated heterocycles. The van der Waals surface area contributed by atoms with Gasteiger partial charge in [0.15, 0.2) is 6.29 Å². The van der Waals surface area contributed by atoms with Crippen molar-refractivity contribution in [3.05, 3.63) is 33.8 Å². The first-order valence-electron chi connectivity index (χ1n) is 5.83. The van der Waals surface area contributed by atoms with Crippen molar-refractivity contribution in [2.75, 3.05) is 13.2 Å². The minimum Gasteiger partial charge on any atom is -0.353 e. The van der Waals surface area contributed by atoms with Crippen molar-refractivity contribution in [2.24, 2.45) is 0 Å². The van der Waals surface area contributed by atoms with E-state index in [0.717, 1.165) is 18.4 Å². The van der Waals surface area contributed by atoms with Gasteiger partial charge in [0, 0.05) is 29.7 Å². The summed E-state index contributed by atoms with van der Waals surface area (Å²) in [5, 5.41) is 1.33. The maximum absolute atomic E-state index is 5.94. The molecule has 0 unspecified atom stereocenters. The van der Waals surface area contributed by atoms with Crippen LogP contribution >= 0.6 is 23.2 Å². The monoisotopic (exact) mass is 276 g/mol. The molecule has 0 spiro atoms. The third-order valence-electron chi connectivity index (χ3n) is 2.30. The van der Waals surface area contributed by atoms with Gasteiger partial charge in [0.1, 0.15) is 0 Å². The second-order valence-corrected chi connectivity index (χ2v) is 4.53. The number of hydrogen-bond donors (Lipinski definition) is 0. The maximum Gasteiger partial charge on any atom is 0.157 e. The molecule has 0 aliphatic heterocycles. The molecule has 0 atom stereocenters. The van der Waals surface area contributed by atoms with Crippen LogP contribution in [0.25, 0.3) is 0 Å². The van der Waals surface area contributed by atoms with Crippen LogP contribution in [0.15, 0.2) is 18.2 Å². The highest BCUT2D eigenvalue weighted by Crippen LogP contribution is 2.20. The number of rotatable bonds is 7. The van der Waals surface area contributed by atoms with Gasteiger partial charge < -0.3 is 9.47 Å². The van der Waals surface area contributed by atoms with E-state index in [1.54, 1.807) is 6.07 Å². The molecule has 17 heavy (non-hydrogen) atoms. The van der Waals surface area contributed by atoms with Crippen LogP contribution in [-0.2, 0) is 15.9 Å². The molecule has 0 heterocycles. The van der Waals surface area contributed by atoms with E-state index in [4.69, 9.17) is 32.7 Å². The van der Waals surface area contributed by atoms with Crippen LogP contribution in [0.2, 0.25) is 10.0 Å². The molecule has 0 radical (unpaired) electrons. The van der Waals surface area contributed by atoms with Crippen molar-refractivity contribution < 1.29 is 9.47 Å². The van der Waals surface area contributed by atoms with Gasteiger partial charge in [-0.3, -0.25) is 0 Å². The van der Waals surface area contributed by atoms with Crippen LogP contribution in [-0.4, -0.2) is 19.5 Å². The predicted molar refractivity (Wildman–Crippen MR) is 71.8 cm³/mol. The van der Waals surface area contributed by atoms with E-state index < -0.39 is 0 Å². The van der Waals surface area contributed by atoms with Crippen LogP contribution in [0.4, 0.5) is 0 Å². The first-order chi connectivity index (χ1) is 8.15. The number of halogens is 2. The zero-order valence-electron chi connectivity index (χ0n) is 10.2. The Morgan fingerprint density at radius 1 is 1.00 bits per heavy atom. The summed E-state index contributed by atoms with van der Waals surface area (Å²) in [7, 11) is 0. The average molecular weight is 277 g/mol. The standard InChI is InChI=1S/C13H18Cl2O2/c1-3-16-13(17-4-2)6-5-10-7-11(14)9-12(15)8-10/h7-9,13H,3-6H2,1-2H3. The summed E-state index contributed by atoms with van der Waals surface area (Å²) in [5.74, 6) is 0. The smallest absolute Gasteiger partial charge is 0.157 e. The number of ether oxygens (including phenoxy) is 2. The molecule has 0 bridgehead atoms. The molecule has 4 heteroatoms. The molecule has 1 aromatic rings. The Morgan fingerprint density at radius 3 is 2.00 bits per heavy atom. The quantitative estimate of drug-likeness (QED) is 0.691. The summed E-state index contributed by atoms with van der Waals surface area (Å²) in [6.45, 7) is 5.23. The Kier molecular flexibility index (Phi) is 6.90. The first-order valence-corrected chi connectivity index (χ1v) is 6.59. The molecule has 0 aromatic heterocycles. The van der Waals surface area contributed by atoms with Gasteiger partial charge in [0.2, 0.25) is 0 Å². The lowest BCUT2D eigenvalue weighted by Crippen LogP contribution is -2.18. The fourth-order valence-electron chi connectivity index (χ4n) is 1.63. The summed E-state index contributed by atoms with van der Waals surface area (Å²) in [4.78, 5) is 0. The second-order valence-electron chi connectivity index (χ2n) is 3.66. The number of hydrogen-bond acceptors (Lipinski definition) is 2. The third kappa shape index (κ3) is 5.73. The lowest BCUT2D eigenvalue weighted by atomic mass is 10.1. The zero-order chi connectivity index (χ0) is 12.7. The fourth-order valence-corrected chi connectivity index (χ4v) is 2.20. The third-order valence-corrected chi connectivity index (χ3v) is 2.73. The Balaban J connectivity index is 2.52. The van der Waals surface area contributed by atoms with Crippen LogP contribution in [0, 0.1) is 0 Å². The van der Waals surface area contributed by atoms with Gasteiger partial charge in [-0.15, -0.1) is 0 Å². The van der Waals surface area contributed by atoms with Gasteiger partial charge in [-0.1, -0.05) is 23.2 Å². The van der Waals surface area contributed by atoms with E-state index in [9.17, 15) is 0 Å². The van der Waals surface area contributed by atoms with Gasteiger partial charge in [0.25, 0.3) is 0 Å². The van der Waals surface area contributed by atoms with Crippen LogP contribution in [0.1, 0.15) is 25.8 Å². The van der Waals surface area contributed by atoms with Crippen LogP contribution < -0.4 is 0 Å². The van der Waals surface area contributed by atoms with Crippen molar-refractivity contribution >= 4 is 23.2 Å². The average Bonchev–Trinajstić information content (AvgIpc) is 2.25. The lowest BCUT2D eigenvalue weighted by Gasteiger charge is -2.16. The van der Waals surface area contributed by atoms with Crippen LogP contribution in [0.5, 0.6) is 0 Å². The molecule has 0 aliphatic rings. The van der Waals surface area contributed by atoms with Crippen molar-refractivity contribution in [2.45, 2.75) is 33.0 Å². The molecule has 1 rings (SSSR count). The highest BCUT2D eigenvalue weighted by Gasteiger charge is 2.08. The highest BCUT2D eigenvalue weighted by molar-refractivity contribution is 6.34.